The summed E-state index contributed by atoms with van der Waals surface area (Å²) in [7, 11) is 0.873. The Kier molecular flexibility index (Phi) is 9.14. The summed E-state index contributed by atoms with van der Waals surface area (Å²) in [5, 5.41) is 8.86. The minimum Gasteiger partial charge on any atom is -0.379 e. The smallest absolute Gasteiger partial charge is 0.191 e. The lowest BCUT2D eigenvalue weighted by molar-refractivity contribution is 0.0177. The number of morpholine rings is 1. The Morgan fingerprint density at radius 2 is 2.00 bits per heavy atom. The fraction of sp³-hybridized carbons (Fsp3) is 0.476. The van der Waals surface area contributed by atoms with E-state index in [1.807, 2.05) is 30.3 Å². The van der Waals surface area contributed by atoms with Crippen molar-refractivity contribution in [2.45, 2.75) is 11.8 Å². The Hall–Kier alpha value is -1.74. The first-order valence-electron chi connectivity index (χ1n) is 9.95. The summed E-state index contributed by atoms with van der Waals surface area (Å²) in [5.41, 5.74) is 1.11. The highest BCUT2D eigenvalue weighted by Gasteiger charge is 2.23. The first-order valence-corrected chi connectivity index (χ1v) is 12.3. The molecule has 0 saturated carbocycles. The van der Waals surface area contributed by atoms with Crippen LogP contribution in [0.15, 0.2) is 52.8 Å². The molecule has 0 amide bonds. The molecule has 1 aromatic heterocycles. The lowest BCUT2D eigenvalue weighted by Gasteiger charge is -2.34. The van der Waals surface area contributed by atoms with Crippen LogP contribution in [0.25, 0.3) is 0 Å². The molecule has 0 radical (unpaired) electrons. The fourth-order valence-corrected chi connectivity index (χ4v) is 5.21. The summed E-state index contributed by atoms with van der Waals surface area (Å²) in [4.78, 5) is 8.13. The van der Waals surface area contributed by atoms with Gasteiger partial charge in [0.15, 0.2) is 5.96 Å². The van der Waals surface area contributed by atoms with E-state index in [0.29, 0.717) is 24.1 Å². The van der Waals surface area contributed by atoms with Gasteiger partial charge in [-0.25, -0.2) is 0 Å². The van der Waals surface area contributed by atoms with Crippen LogP contribution in [0.3, 0.4) is 0 Å². The molecule has 2 atom stereocenters. The van der Waals surface area contributed by atoms with E-state index in [4.69, 9.17) is 4.74 Å². The number of benzene rings is 1. The minimum absolute atomic E-state index is 0.296. The second-order valence-corrected chi connectivity index (χ2v) is 9.39. The number of hydrogen-bond acceptors (Lipinski definition) is 5. The predicted octanol–water partition coefficient (Wildman–Crippen LogP) is 2.24. The Balaban J connectivity index is 1.45. The third kappa shape index (κ3) is 7.22. The number of rotatable bonds is 9. The molecule has 2 unspecified atom stereocenters. The summed E-state index contributed by atoms with van der Waals surface area (Å²) in [6.45, 7) is 4.83. The second kappa shape index (κ2) is 12.1. The molecule has 1 aliphatic rings. The van der Waals surface area contributed by atoms with Gasteiger partial charge in [-0.3, -0.25) is 14.1 Å². The van der Waals surface area contributed by atoms with E-state index in [0.717, 1.165) is 44.4 Å². The number of nitrogens with zero attached hydrogens (tertiary/aromatic N) is 2. The Morgan fingerprint density at radius 3 is 2.69 bits per heavy atom. The molecule has 6 nitrogen and oxygen atoms in total. The zero-order valence-electron chi connectivity index (χ0n) is 16.9. The molecule has 8 heteroatoms. The van der Waals surface area contributed by atoms with Crippen molar-refractivity contribution in [3.8, 4) is 0 Å². The third-order valence-corrected chi connectivity index (χ3v) is 7.13. The van der Waals surface area contributed by atoms with Crippen molar-refractivity contribution in [3.63, 3.8) is 0 Å². The Labute approximate surface area is 179 Å². The molecule has 1 aromatic carbocycles. The largest absolute Gasteiger partial charge is 0.379 e. The number of nitrogens with one attached hydrogen (secondary N) is 2. The summed E-state index contributed by atoms with van der Waals surface area (Å²) < 4.78 is 17.8. The summed E-state index contributed by atoms with van der Waals surface area (Å²) in [6, 6.07) is 14.6. The van der Waals surface area contributed by atoms with Crippen LogP contribution in [0.1, 0.15) is 16.5 Å². The van der Waals surface area contributed by atoms with Gasteiger partial charge in [0, 0.05) is 60.4 Å². The highest BCUT2D eigenvalue weighted by atomic mass is 32.2. The van der Waals surface area contributed by atoms with Crippen LogP contribution in [-0.2, 0) is 21.3 Å². The van der Waals surface area contributed by atoms with Crippen LogP contribution in [0.2, 0.25) is 0 Å². The highest BCUT2D eigenvalue weighted by molar-refractivity contribution is 7.84. The molecule has 2 N–H and O–H groups in total. The number of aliphatic imine (C=N–C) groups is 1. The first kappa shape index (κ1) is 22.0. The van der Waals surface area contributed by atoms with Gasteiger partial charge in [0.25, 0.3) is 0 Å². The standard InChI is InChI=1S/C21H30N4O2S2/c1-22-21(23-9-15-29(26)17-18-6-3-2-4-7-18)24-16-19(20-8-5-14-28-20)25-10-12-27-13-11-25/h2-8,14,19H,9-13,15-17H2,1H3,(H2,22,23,24). The zero-order valence-corrected chi connectivity index (χ0v) is 18.5. The van der Waals surface area contributed by atoms with Gasteiger partial charge in [-0.15, -0.1) is 11.3 Å². The number of guanidine groups is 1. The third-order valence-electron chi connectivity index (χ3n) is 4.84. The molecule has 0 bridgehead atoms. The maximum atomic E-state index is 12.3. The number of thiophene rings is 1. The van der Waals surface area contributed by atoms with Crippen LogP contribution in [0.5, 0.6) is 0 Å². The molecule has 1 fully saturated rings. The maximum Gasteiger partial charge on any atom is 0.191 e. The van der Waals surface area contributed by atoms with E-state index in [1.54, 1.807) is 18.4 Å². The molecule has 2 aromatic rings. The van der Waals surface area contributed by atoms with Crippen molar-refractivity contribution in [2.75, 3.05) is 52.2 Å². The molecule has 2 heterocycles. The van der Waals surface area contributed by atoms with Crippen LogP contribution >= 0.6 is 11.3 Å². The summed E-state index contributed by atoms with van der Waals surface area (Å²) in [5.74, 6) is 1.93. The molecular weight excluding hydrogens is 404 g/mol. The fourth-order valence-electron chi connectivity index (χ4n) is 3.31. The molecular formula is C21H30N4O2S2. The monoisotopic (exact) mass is 434 g/mol. The van der Waals surface area contributed by atoms with Crippen molar-refractivity contribution in [1.29, 1.82) is 0 Å². The summed E-state index contributed by atoms with van der Waals surface area (Å²) >= 11 is 1.78. The summed E-state index contributed by atoms with van der Waals surface area (Å²) in [6.07, 6.45) is 0. The normalized spacial score (nSPS) is 17.6. The predicted molar refractivity (Wildman–Crippen MR) is 122 cm³/mol. The second-order valence-electron chi connectivity index (χ2n) is 6.83. The average Bonchev–Trinajstić information content (AvgIpc) is 3.28. The van der Waals surface area contributed by atoms with Crippen LogP contribution in [0, 0.1) is 0 Å². The van der Waals surface area contributed by atoms with Crippen molar-refractivity contribution in [3.05, 3.63) is 58.3 Å². The van der Waals surface area contributed by atoms with Crippen molar-refractivity contribution >= 4 is 28.1 Å². The number of hydrogen-bond donors (Lipinski definition) is 2. The van der Waals surface area contributed by atoms with Crippen molar-refractivity contribution in [2.24, 2.45) is 4.99 Å². The van der Waals surface area contributed by atoms with E-state index >= 15 is 0 Å². The van der Waals surface area contributed by atoms with Gasteiger partial charge in [0.1, 0.15) is 0 Å². The van der Waals surface area contributed by atoms with Crippen LogP contribution in [0.4, 0.5) is 0 Å². The lowest BCUT2D eigenvalue weighted by atomic mass is 10.2. The van der Waals surface area contributed by atoms with Crippen molar-refractivity contribution in [1.82, 2.24) is 15.5 Å². The van der Waals surface area contributed by atoms with Gasteiger partial charge >= 0.3 is 0 Å². The average molecular weight is 435 g/mol. The lowest BCUT2D eigenvalue weighted by Crippen LogP contribution is -2.46. The SMILES string of the molecule is CN=C(NCCS(=O)Cc1ccccc1)NCC(c1cccs1)N1CCOCC1. The minimum atomic E-state index is -0.896. The van der Waals surface area contributed by atoms with E-state index in [-0.39, 0.29) is 0 Å². The number of ether oxygens (including phenoxy) is 1. The van der Waals surface area contributed by atoms with E-state index in [9.17, 15) is 4.21 Å². The maximum absolute atomic E-state index is 12.3. The topological polar surface area (TPSA) is 66.0 Å². The zero-order chi connectivity index (χ0) is 20.3. The van der Waals surface area contributed by atoms with Gasteiger partial charge in [-0.2, -0.15) is 0 Å². The Morgan fingerprint density at radius 1 is 1.21 bits per heavy atom. The van der Waals surface area contributed by atoms with Crippen molar-refractivity contribution < 1.29 is 8.95 Å². The highest BCUT2D eigenvalue weighted by Crippen LogP contribution is 2.25. The molecule has 158 valence electrons. The van der Waals surface area contributed by atoms with Gasteiger partial charge in [-0.05, 0) is 17.0 Å². The van der Waals surface area contributed by atoms with E-state index < -0.39 is 10.8 Å². The molecule has 0 aliphatic carbocycles. The molecule has 1 saturated heterocycles. The molecule has 0 spiro atoms. The van der Waals surface area contributed by atoms with Gasteiger partial charge < -0.3 is 15.4 Å². The first-order chi connectivity index (χ1) is 14.3. The quantitative estimate of drug-likeness (QED) is 0.468. The van der Waals surface area contributed by atoms with Crippen LogP contribution < -0.4 is 10.6 Å². The van der Waals surface area contributed by atoms with E-state index in [2.05, 4.69) is 38.0 Å². The van der Waals surface area contributed by atoms with Crippen LogP contribution in [-0.4, -0.2) is 67.3 Å². The van der Waals surface area contributed by atoms with Gasteiger partial charge in [0.2, 0.25) is 0 Å². The van der Waals surface area contributed by atoms with Gasteiger partial charge in [0.05, 0.1) is 19.3 Å². The molecule has 29 heavy (non-hydrogen) atoms. The van der Waals surface area contributed by atoms with E-state index in [1.165, 1.54) is 4.88 Å². The molecule has 1 aliphatic heterocycles. The Bertz CT molecular complexity index is 762. The molecule has 3 rings (SSSR count). The van der Waals surface area contributed by atoms with Gasteiger partial charge in [-0.1, -0.05) is 36.4 Å².